The van der Waals surface area contributed by atoms with E-state index in [1.165, 1.54) is 0 Å². The number of esters is 1. The van der Waals surface area contributed by atoms with Crippen LogP contribution in [0.4, 0.5) is 5.69 Å². The van der Waals surface area contributed by atoms with E-state index in [0.717, 1.165) is 0 Å². The van der Waals surface area contributed by atoms with Crippen LogP contribution >= 0.6 is 0 Å². The molecule has 24 heavy (non-hydrogen) atoms. The van der Waals surface area contributed by atoms with Crippen LogP contribution in [0.5, 0.6) is 0 Å². The van der Waals surface area contributed by atoms with Crippen LogP contribution in [0.1, 0.15) is 38.1 Å². The highest BCUT2D eigenvalue weighted by Crippen LogP contribution is 2.12. The van der Waals surface area contributed by atoms with Crippen LogP contribution < -0.4 is 16.4 Å². The van der Waals surface area contributed by atoms with E-state index in [1.54, 1.807) is 52.0 Å². The molecule has 0 spiro atoms. The molecule has 3 atom stereocenters. The summed E-state index contributed by atoms with van der Waals surface area (Å²) in [5, 5.41) is 5.30. The molecule has 0 bridgehead atoms. The summed E-state index contributed by atoms with van der Waals surface area (Å²) >= 11 is 0. The van der Waals surface area contributed by atoms with Crippen LogP contribution in [0.25, 0.3) is 0 Å². The molecule has 7 nitrogen and oxygen atoms in total. The first-order valence-electron chi connectivity index (χ1n) is 7.90. The van der Waals surface area contributed by atoms with E-state index < -0.39 is 17.9 Å². The topological polar surface area (TPSA) is 111 Å². The number of benzene rings is 1. The van der Waals surface area contributed by atoms with Gasteiger partial charge in [-0.2, -0.15) is 0 Å². The lowest BCUT2D eigenvalue weighted by Crippen LogP contribution is -2.39. The van der Waals surface area contributed by atoms with Gasteiger partial charge < -0.3 is 21.1 Å². The fourth-order valence-electron chi connectivity index (χ4n) is 1.81. The second kappa shape index (κ2) is 9.02. The largest absolute Gasteiger partial charge is 0.464 e. The molecule has 0 heterocycles. The van der Waals surface area contributed by atoms with Gasteiger partial charge in [0.25, 0.3) is 5.91 Å². The molecule has 0 radical (unpaired) electrons. The Balaban J connectivity index is 2.65. The van der Waals surface area contributed by atoms with Gasteiger partial charge in [-0.25, -0.2) is 4.79 Å². The van der Waals surface area contributed by atoms with Crippen molar-refractivity contribution in [2.75, 3.05) is 11.9 Å². The first-order chi connectivity index (χ1) is 11.3. The zero-order chi connectivity index (χ0) is 18.3. The zero-order valence-electron chi connectivity index (χ0n) is 14.5. The lowest BCUT2D eigenvalue weighted by Gasteiger charge is -2.15. The van der Waals surface area contributed by atoms with Gasteiger partial charge in [0.15, 0.2) is 0 Å². The van der Waals surface area contributed by atoms with E-state index in [0.29, 0.717) is 11.3 Å². The minimum Gasteiger partial charge on any atom is -0.464 e. The number of carbonyl (C=O) groups excluding carboxylic acids is 3. The van der Waals surface area contributed by atoms with Gasteiger partial charge in [-0.1, -0.05) is 6.92 Å². The predicted molar refractivity (Wildman–Crippen MR) is 91.4 cm³/mol. The van der Waals surface area contributed by atoms with Gasteiger partial charge in [0.1, 0.15) is 6.04 Å². The maximum atomic E-state index is 12.1. The second-order valence-corrected chi connectivity index (χ2v) is 5.66. The van der Waals surface area contributed by atoms with Crippen molar-refractivity contribution < 1.29 is 19.1 Å². The SMILES string of the molecule is CCOC(=O)C(C)NC(=O)c1ccc(NC(=O)C(C)C(C)N)cc1. The number of nitrogens with one attached hydrogen (secondary N) is 2. The number of ether oxygens (including phenoxy) is 1. The Bertz CT molecular complexity index is 584. The van der Waals surface area contributed by atoms with E-state index >= 15 is 0 Å². The smallest absolute Gasteiger partial charge is 0.328 e. The van der Waals surface area contributed by atoms with Gasteiger partial charge in [0, 0.05) is 17.3 Å². The molecule has 0 aromatic heterocycles. The normalized spacial score (nSPS) is 14.2. The lowest BCUT2D eigenvalue weighted by atomic mass is 10.0. The first-order valence-corrected chi connectivity index (χ1v) is 7.90. The van der Waals surface area contributed by atoms with Crippen molar-refractivity contribution in [1.82, 2.24) is 5.32 Å². The number of amides is 2. The molecule has 132 valence electrons. The van der Waals surface area contributed by atoms with Crippen molar-refractivity contribution >= 4 is 23.5 Å². The monoisotopic (exact) mass is 335 g/mol. The molecule has 7 heteroatoms. The highest BCUT2D eigenvalue weighted by Gasteiger charge is 2.19. The first kappa shape index (κ1) is 19.6. The van der Waals surface area contributed by atoms with Gasteiger partial charge in [-0.3, -0.25) is 9.59 Å². The van der Waals surface area contributed by atoms with Crippen molar-refractivity contribution in [1.29, 1.82) is 0 Å². The molecule has 0 saturated carbocycles. The van der Waals surface area contributed by atoms with Crippen LogP contribution in [0.15, 0.2) is 24.3 Å². The Kier molecular flexibility index (Phi) is 7.38. The summed E-state index contributed by atoms with van der Waals surface area (Å²) in [5.41, 5.74) is 6.65. The molecule has 0 saturated heterocycles. The Hall–Kier alpha value is -2.41. The van der Waals surface area contributed by atoms with E-state index in [4.69, 9.17) is 10.5 Å². The minimum atomic E-state index is -0.733. The number of hydrogen-bond acceptors (Lipinski definition) is 5. The lowest BCUT2D eigenvalue weighted by molar-refractivity contribution is -0.144. The highest BCUT2D eigenvalue weighted by molar-refractivity contribution is 5.98. The van der Waals surface area contributed by atoms with Crippen molar-refractivity contribution in [3.63, 3.8) is 0 Å². The average molecular weight is 335 g/mol. The Morgan fingerprint density at radius 2 is 1.71 bits per heavy atom. The summed E-state index contributed by atoms with van der Waals surface area (Å²) in [6.07, 6.45) is 0. The fourth-order valence-corrected chi connectivity index (χ4v) is 1.81. The van der Waals surface area contributed by atoms with E-state index in [1.807, 2.05) is 0 Å². The van der Waals surface area contributed by atoms with Crippen molar-refractivity contribution in [3.05, 3.63) is 29.8 Å². The molecule has 0 fully saturated rings. The maximum absolute atomic E-state index is 12.1. The van der Waals surface area contributed by atoms with Gasteiger partial charge >= 0.3 is 5.97 Å². The molecule has 0 aliphatic carbocycles. The quantitative estimate of drug-likeness (QED) is 0.650. The summed E-state index contributed by atoms with van der Waals surface area (Å²) in [6, 6.07) is 5.40. The highest BCUT2D eigenvalue weighted by atomic mass is 16.5. The molecular formula is C17H25N3O4. The zero-order valence-corrected chi connectivity index (χ0v) is 14.5. The van der Waals surface area contributed by atoms with Crippen LogP contribution in [0.2, 0.25) is 0 Å². The summed E-state index contributed by atoms with van der Waals surface area (Å²) < 4.78 is 4.83. The molecule has 1 rings (SSSR count). The maximum Gasteiger partial charge on any atom is 0.328 e. The second-order valence-electron chi connectivity index (χ2n) is 5.66. The third-order valence-corrected chi connectivity index (χ3v) is 3.60. The summed E-state index contributed by atoms with van der Waals surface area (Å²) in [7, 11) is 0. The molecule has 1 aromatic rings. The Morgan fingerprint density at radius 3 is 2.21 bits per heavy atom. The van der Waals surface area contributed by atoms with Crippen LogP contribution in [-0.2, 0) is 14.3 Å². The summed E-state index contributed by atoms with van der Waals surface area (Å²) in [5.74, 6) is -1.38. The van der Waals surface area contributed by atoms with Gasteiger partial charge in [-0.05, 0) is 45.0 Å². The number of carbonyl (C=O) groups is 3. The number of rotatable bonds is 7. The van der Waals surface area contributed by atoms with Crippen molar-refractivity contribution in [2.24, 2.45) is 11.7 Å². The Morgan fingerprint density at radius 1 is 1.12 bits per heavy atom. The number of anilines is 1. The molecule has 0 aliphatic rings. The molecule has 1 aromatic carbocycles. The fraction of sp³-hybridized carbons (Fsp3) is 0.471. The number of hydrogen-bond donors (Lipinski definition) is 3. The third kappa shape index (κ3) is 5.66. The van der Waals surface area contributed by atoms with Crippen molar-refractivity contribution in [3.8, 4) is 0 Å². The van der Waals surface area contributed by atoms with E-state index in [9.17, 15) is 14.4 Å². The summed E-state index contributed by atoms with van der Waals surface area (Å²) in [4.78, 5) is 35.5. The average Bonchev–Trinajstić information content (AvgIpc) is 2.54. The minimum absolute atomic E-state index is 0.182. The van der Waals surface area contributed by atoms with Crippen LogP contribution in [-0.4, -0.2) is 36.5 Å². The molecule has 2 amide bonds. The van der Waals surface area contributed by atoms with Gasteiger partial charge in [0.2, 0.25) is 5.91 Å². The van der Waals surface area contributed by atoms with Gasteiger partial charge in [0.05, 0.1) is 12.5 Å². The standard InChI is InChI=1S/C17H25N3O4/c1-5-24-17(23)12(4)19-16(22)13-6-8-14(9-7-13)20-15(21)10(2)11(3)18/h6-12H,5,18H2,1-4H3,(H,19,22)(H,20,21). The van der Waals surface area contributed by atoms with Crippen LogP contribution in [0.3, 0.4) is 0 Å². The molecule has 3 unspecified atom stereocenters. The Labute approximate surface area is 141 Å². The molecular weight excluding hydrogens is 310 g/mol. The predicted octanol–water partition coefficient (Wildman–Crippen LogP) is 1.29. The van der Waals surface area contributed by atoms with Crippen LogP contribution in [0, 0.1) is 5.92 Å². The van der Waals surface area contributed by atoms with E-state index in [-0.39, 0.29) is 24.5 Å². The van der Waals surface area contributed by atoms with E-state index in [2.05, 4.69) is 10.6 Å². The molecule has 0 aliphatic heterocycles. The summed E-state index contributed by atoms with van der Waals surface area (Å²) in [6.45, 7) is 7.03. The number of nitrogens with two attached hydrogens (primary N) is 1. The van der Waals surface area contributed by atoms with Gasteiger partial charge in [-0.15, -0.1) is 0 Å². The third-order valence-electron chi connectivity index (χ3n) is 3.60. The van der Waals surface area contributed by atoms with Crippen molar-refractivity contribution in [2.45, 2.75) is 39.8 Å². The molecule has 4 N–H and O–H groups in total.